The lowest BCUT2D eigenvalue weighted by Gasteiger charge is -2.21. The van der Waals surface area contributed by atoms with Crippen LogP contribution in [0.2, 0.25) is 0 Å². The highest BCUT2D eigenvalue weighted by Crippen LogP contribution is 2.35. The topological polar surface area (TPSA) is 92.3 Å². The first-order valence-electron chi connectivity index (χ1n) is 9.55. The van der Waals surface area contributed by atoms with Crippen LogP contribution in [-0.2, 0) is 26.5 Å². The summed E-state index contributed by atoms with van der Waals surface area (Å²) in [6, 6.07) is 17.5. The smallest absolute Gasteiger partial charge is 0.261 e. The second kappa shape index (κ2) is 8.95. The molecule has 0 atom stereocenters. The van der Waals surface area contributed by atoms with Gasteiger partial charge in [-0.2, -0.15) is 0 Å². The van der Waals surface area contributed by atoms with Crippen molar-refractivity contribution in [1.29, 1.82) is 0 Å². The maximum Gasteiger partial charge on any atom is 0.261 e. The largest absolute Gasteiger partial charge is 0.277 e. The average molecular weight is 457 g/mol. The third kappa shape index (κ3) is 4.98. The first-order chi connectivity index (χ1) is 14.7. The highest BCUT2D eigenvalue weighted by molar-refractivity contribution is 7.93. The molecule has 0 aliphatic carbocycles. The van der Waals surface area contributed by atoms with E-state index in [1.165, 1.54) is 24.3 Å². The summed E-state index contributed by atoms with van der Waals surface area (Å²) in [6.07, 6.45) is 2.01. The first kappa shape index (κ1) is 22.6. The molecule has 31 heavy (non-hydrogen) atoms. The summed E-state index contributed by atoms with van der Waals surface area (Å²) in [5.41, 5.74) is 2.67. The molecule has 0 saturated heterocycles. The number of rotatable bonds is 8. The number of sulfonamides is 2. The van der Waals surface area contributed by atoms with E-state index in [0.717, 1.165) is 11.1 Å². The van der Waals surface area contributed by atoms with Crippen LogP contribution in [0.15, 0.2) is 89.2 Å². The van der Waals surface area contributed by atoms with E-state index in [0.29, 0.717) is 12.0 Å². The molecular formula is C23H24N2O4S2. The number of anilines is 2. The van der Waals surface area contributed by atoms with Crippen LogP contribution in [0.4, 0.5) is 11.4 Å². The van der Waals surface area contributed by atoms with Crippen LogP contribution >= 0.6 is 0 Å². The van der Waals surface area contributed by atoms with Gasteiger partial charge in [-0.25, -0.2) is 16.8 Å². The van der Waals surface area contributed by atoms with Crippen LogP contribution in [0.1, 0.15) is 16.7 Å². The molecule has 0 bridgehead atoms. The number of hydrogen-bond acceptors (Lipinski definition) is 4. The van der Waals surface area contributed by atoms with Gasteiger partial charge in [0.25, 0.3) is 20.0 Å². The van der Waals surface area contributed by atoms with Crippen molar-refractivity contribution >= 4 is 31.4 Å². The zero-order valence-electron chi connectivity index (χ0n) is 17.3. The van der Waals surface area contributed by atoms with E-state index in [1.807, 2.05) is 13.8 Å². The lowest BCUT2D eigenvalue weighted by molar-refractivity contribution is 0.599. The van der Waals surface area contributed by atoms with Gasteiger partial charge in [0.1, 0.15) is 0 Å². The van der Waals surface area contributed by atoms with E-state index in [2.05, 4.69) is 16.0 Å². The summed E-state index contributed by atoms with van der Waals surface area (Å²) in [5.74, 6) is 0. The second-order valence-corrected chi connectivity index (χ2v) is 10.4. The molecule has 0 aliphatic rings. The van der Waals surface area contributed by atoms with Gasteiger partial charge in [0.15, 0.2) is 0 Å². The standard InChI is InChI=1S/C23H24N2O4S2/c1-4-11-21-18(3)17(2)16-22(24-30(26,27)19-12-7-5-8-13-19)23(21)25-31(28,29)20-14-9-6-10-15-20/h4-10,12-16,24-25H,1,11H2,2-3H3. The third-order valence-electron chi connectivity index (χ3n) is 4.91. The molecule has 0 amide bonds. The fraction of sp³-hybridized carbons (Fsp3) is 0.130. The molecular weight excluding hydrogens is 432 g/mol. The van der Waals surface area contributed by atoms with Gasteiger partial charge in [0.2, 0.25) is 0 Å². The minimum absolute atomic E-state index is 0.0784. The van der Waals surface area contributed by atoms with Gasteiger partial charge in [0, 0.05) is 0 Å². The van der Waals surface area contributed by atoms with E-state index >= 15 is 0 Å². The molecule has 0 aromatic heterocycles. The average Bonchev–Trinajstić information content (AvgIpc) is 2.75. The molecule has 0 saturated carbocycles. The van der Waals surface area contributed by atoms with Crippen LogP contribution in [0, 0.1) is 13.8 Å². The highest BCUT2D eigenvalue weighted by Gasteiger charge is 2.23. The molecule has 162 valence electrons. The van der Waals surface area contributed by atoms with Crippen LogP contribution in [0.5, 0.6) is 0 Å². The predicted molar refractivity (Wildman–Crippen MR) is 124 cm³/mol. The monoisotopic (exact) mass is 456 g/mol. The van der Waals surface area contributed by atoms with Crippen molar-refractivity contribution in [2.24, 2.45) is 0 Å². The van der Waals surface area contributed by atoms with Gasteiger partial charge in [-0.3, -0.25) is 9.44 Å². The minimum Gasteiger partial charge on any atom is -0.277 e. The Balaban J connectivity index is 2.16. The first-order valence-corrected chi connectivity index (χ1v) is 12.5. The molecule has 2 N–H and O–H groups in total. The molecule has 0 radical (unpaired) electrons. The second-order valence-electron chi connectivity index (χ2n) is 7.05. The van der Waals surface area contributed by atoms with E-state index < -0.39 is 20.0 Å². The number of nitrogens with one attached hydrogen (secondary N) is 2. The Bertz CT molecular complexity index is 1300. The molecule has 8 heteroatoms. The lowest BCUT2D eigenvalue weighted by atomic mass is 9.98. The Labute approximate surface area is 183 Å². The molecule has 0 fully saturated rings. The Morgan fingerprint density at radius 1 is 0.806 bits per heavy atom. The van der Waals surface area contributed by atoms with E-state index in [4.69, 9.17) is 0 Å². The lowest BCUT2D eigenvalue weighted by Crippen LogP contribution is -2.19. The van der Waals surface area contributed by atoms with Gasteiger partial charge in [-0.15, -0.1) is 6.58 Å². The fourth-order valence-electron chi connectivity index (χ4n) is 3.18. The molecule has 6 nitrogen and oxygen atoms in total. The number of aryl methyl sites for hydroxylation is 1. The van der Waals surface area contributed by atoms with E-state index in [-0.39, 0.29) is 21.2 Å². The highest BCUT2D eigenvalue weighted by atomic mass is 32.2. The summed E-state index contributed by atoms with van der Waals surface area (Å²) in [6.45, 7) is 7.47. The zero-order chi connectivity index (χ0) is 22.6. The van der Waals surface area contributed by atoms with Crippen LogP contribution in [-0.4, -0.2) is 16.8 Å². The molecule has 3 rings (SSSR count). The van der Waals surface area contributed by atoms with Gasteiger partial charge in [-0.05, 0) is 67.3 Å². The normalized spacial score (nSPS) is 11.7. The number of hydrogen-bond donors (Lipinski definition) is 2. The summed E-state index contributed by atoms with van der Waals surface area (Å²) in [5, 5.41) is 0. The fourth-order valence-corrected chi connectivity index (χ4v) is 5.40. The van der Waals surface area contributed by atoms with Crippen molar-refractivity contribution in [1.82, 2.24) is 0 Å². The van der Waals surface area contributed by atoms with Crippen molar-refractivity contribution in [3.8, 4) is 0 Å². The third-order valence-corrected chi connectivity index (χ3v) is 7.66. The van der Waals surface area contributed by atoms with E-state index in [1.54, 1.807) is 48.5 Å². The van der Waals surface area contributed by atoms with Gasteiger partial charge < -0.3 is 0 Å². The molecule has 0 spiro atoms. The Morgan fingerprint density at radius 2 is 1.29 bits per heavy atom. The zero-order valence-corrected chi connectivity index (χ0v) is 18.9. The summed E-state index contributed by atoms with van der Waals surface area (Å²) in [4.78, 5) is 0.157. The Morgan fingerprint density at radius 3 is 1.77 bits per heavy atom. The van der Waals surface area contributed by atoms with E-state index in [9.17, 15) is 16.8 Å². The van der Waals surface area contributed by atoms with Crippen LogP contribution in [0.3, 0.4) is 0 Å². The van der Waals surface area contributed by atoms with Crippen LogP contribution < -0.4 is 9.44 Å². The van der Waals surface area contributed by atoms with Crippen LogP contribution in [0.25, 0.3) is 0 Å². The van der Waals surface area contributed by atoms with Crippen molar-refractivity contribution in [3.63, 3.8) is 0 Å². The summed E-state index contributed by atoms with van der Waals surface area (Å²) < 4.78 is 57.1. The minimum atomic E-state index is -3.95. The number of benzene rings is 3. The predicted octanol–water partition coefficient (Wildman–Crippen LogP) is 4.63. The van der Waals surface area contributed by atoms with Gasteiger partial charge in [0.05, 0.1) is 21.2 Å². The van der Waals surface area contributed by atoms with Crippen molar-refractivity contribution in [3.05, 3.63) is 96.1 Å². The maximum atomic E-state index is 13.0. The summed E-state index contributed by atoms with van der Waals surface area (Å²) in [7, 11) is -7.87. The molecule has 0 heterocycles. The van der Waals surface area contributed by atoms with Gasteiger partial charge >= 0.3 is 0 Å². The van der Waals surface area contributed by atoms with Gasteiger partial charge in [-0.1, -0.05) is 42.5 Å². The van der Waals surface area contributed by atoms with Crippen molar-refractivity contribution in [2.45, 2.75) is 30.1 Å². The quantitative estimate of drug-likeness (QED) is 0.483. The Kier molecular flexibility index (Phi) is 6.52. The molecule has 3 aromatic carbocycles. The van der Waals surface area contributed by atoms with Crippen molar-refractivity contribution < 1.29 is 16.8 Å². The Hall–Kier alpha value is -3.10. The van der Waals surface area contributed by atoms with Crippen molar-refractivity contribution in [2.75, 3.05) is 9.44 Å². The molecule has 0 aliphatic heterocycles. The number of allylic oxidation sites excluding steroid dienone is 1. The maximum absolute atomic E-state index is 13.0. The molecule has 3 aromatic rings. The summed E-state index contributed by atoms with van der Waals surface area (Å²) >= 11 is 0. The SMILES string of the molecule is C=CCc1c(C)c(C)cc(NS(=O)(=O)c2ccccc2)c1NS(=O)(=O)c1ccccc1. The molecule has 0 unspecified atom stereocenters.